The van der Waals surface area contributed by atoms with Gasteiger partial charge < -0.3 is 5.32 Å². The van der Waals surface area contributed by atoms with E-state index >= 15 is 0 Å². The highest BCUT2D eigenvalue weighted by atomic mass is 16.1. The van der Waals surface area contributed by atoms with E-state index in [9.17, 15) is 4.79 Å². The molecule has 0 aliphatic rings. The number of fused-ring (bicyclic) bond motifs is 1. The van der Waals surface area contributed by atoms with Gasteiger partial charge in [-0.05, 0) is 30.4 Å². The molecule has 1 amide bonds. The first-order valence-electron chi connectivity index (χ1n) is 7.60. The zero-order chi connectivity index (χ0) is 15.9. The minimum Gasteiger partial charge on any atom is -0.324 e. The first kappa shape index (κ1) is 16.0. The van der Waals surface area contributed by atoms with Crippen molar-refractivity contribution in [2.45, 2.75) is 33.1 Å². The highest BCUT2D eigenvalue weighted by Crippen LogP contribution is 2.23. The van der Waals surface area contributed by atoms with E-state index in [1.165, 1.54) is 0 Å². The monoisotopic (exact) mass is 295 g/mol. The fraction of sp³-hybridized carbons (Fsp3) is 0.389. The fourth-order valence-corrected chi connectivity index (χ4v) is 2.70. The van der Waals surface area contributed by atoms with Crippen LogP contribution in [0, 0.1) is 23.2 Å². The summed E-state index contributed by atoms with van der Waals surface area (Å²) in [6.07, 6.45) is 3.39. The van der Waals surface area contributed by atoms with Crippen LogP contribution in [0.25, 0.3) is 10.9 Å². The van der Waals surface area contributed by atoms with E-state index in [1.807, 2.05) is 30.3 Å². The number of anilines is 1. The zero-order valence-corrected chi connectivity index (χ0v) is 13.0. The summed E-state index contributed by atoms with van der Waals surface area (Å²) in [6.45, 7) is 4.22. The van der Waals surface area contributed by atoms with Crippen LogP contribution in [-0.2, 0) is 4.79 Å². The SMILES string of the molecule is CC(C)CC(CC#N)CC(=O)Nc1cccc2cccnc12. The molecule has 1 N–H and O–H groups in total. The summed E-state index contributed by atoms with van der Waals surface area (Å²) in [7, 11) is 0. The van der Waals surface area contributed by atoms with Crippen LogP contribution in [0.1, 0.15) is 33.1 Å². The zero-order valence-electron chi connectivity index (χ0n) is 13.0. The van der Waals surface area contributed by atoms with E-state index in [0.717, 1.165) is 23.0 Å². The van der Waals surface area contributed by atoms with Gasteiger partial charge in [-0.25, -0.2) is 0 Å². The molecule has 1 heterocycles. The Morgan fingerprint density at radius 2 is 2.09 bits per heavy atom. The van der Waals surface area contributed by atoms with Crippen molar-refractivity contribution in [2.24, 2.45) is 11.8 Å². The number of nitrogens with zero attached hydrogens (tertiary/aromatic N) is 2. The molecule has 0 fully saturated rings. The molecule has 0 aliphatic carbocycles. The van der Waals surface area contributed by atoms with Crippen LogP contribution >= 0.6 is 0 Å². The largest absolute Gasteiger partial charge is 0.324 e. The van der Waals surface area contributed by atoms with E-state index in [2.05, 4.69) is 30.2 Å². The molecule has 0 saturated carbocycles. The first-order chi connectivity index (χ1) is 10.6. The number of amides is 1. The molecule has 0 spiro atoms. The van der Waals surface area contributed by atoms with Crippen molar-refractivity contribution in [1.29, 1.82) is 5.26 Å². The molecule has 0 aliphatic heterocycles. The molecule has 0 bridgehead atoms. The second-order valence-corrected chi connectivity index (χ2v) is 5.99. The van der Waals surface area contributed by atoms with Gasteiger partial charge in [0.05, 0.1) is 17.3 Å². The molecule has 4 nitrogen and oxygen atoms in total. The minimum atomic E-state index is -0.0564. The molecule has 2 rings (SSSR count). The van der Waals surface area contributed by atoms with Gasteiger partial charge in [-0.2, -0.15) is 5.26 Å². The number of hydrogen-bond donors (Lipinski definition) is 1. The number of carbonyl (C=O) groups excluding carboxylic acids is 1. The number of aromatic nitrogens is 1. The van der Waals surface area contributed by atoms with E-state index in [4.69, 9.17) is 5.26 Å². The normalized spacial score (nSPS) is 12.1. The van der Waals surface area contributed by atoms with Crippen LogP contribution in [0.15, 0.2) is 36.5 Å². The number of nitriles is 1. The van der Waals surface area contributed by atoms with Gasteiger partial charge in [0, 0.05) is 24.4 Å². The van der Waals surface area contributed by atoms with Crippen molar-refractivity contribution in [1.82, 2.24) is 4.98 Å². The predicted octanol–water partition coefficient (Wildman–Crippen LogP) is 4.14. The third-order valence-corrected chi connectivity index (χ3v) is 3.57. The second kappa shape index (κ2) is 7.56. The molecular weight excluding hydrogens is 274 g/mol. The Morgan fingerprint density at radius 1 is 1.32 bits per heavy atom. The van der Waals surface area contributed by atoms with Crippen molar-refractivity contribution in [3.63, 3.8) is 0 Å². The van der Waals surface area contributed by atoms with Gasteiger partial charge in [0.2, 0.25) is 5.91 Å². The van der Waals surface area contributed by atoms with Gasteiger partial charge in [0.15, 0.2) is 0 Å². The smallest absolute Gasteiger partial charge is 0.224 e. The summed E-state index contributed by atoms with van der Waals surface area (Å²) in [5, 5.41) is 12.8. The topological polar surface area (TPSA) is 65.8 Å². The number of pyridine rings is 1. The van der Waals surface area contributed by atoms with Crippen LogP contribution in [0.2, 0.25) is 0 Å². The molecule has 114 valence electrons. The van der Waals surface area contributed by atoms with Crippen LogP contribution in [0.5, 0.6) is 0 Å². The highest BCUT2D eigenvalue weighted by Gasteiger charge is 2.16. The van der Waals surface area contributed by atoms with E-state index in [0.29, 0.717) is 18.8 Å². The molecule has 1 unspecified atom stereocenters. The quantitative estimate of drug-likeness (QED) is 0.871. The average Bonchev–Trinajstić information content (AvgIpc) is 2.47. The molecule has 1 aromatic heterocycles. The third-order valence-electron chi connectivity index (χ3n) is 3.57. The lowest BCUT2D eigenvalue weighted by atomic mass is 9.91. The van der Waals surface area contributed by atoms with Crippen LogP contribution in [0.4, 0.5) is 5.69 Å². The maximum atomic E-state index is 12.3. The number of benzene rings is 1. The van der Waals surface area contributed by atoms with E-state index in [1.54, 1.807) is 6.20 Å². The maximum absolute atomic E-state index is 12.3. The summed E-state index contributed by atoms with van der Waals surface area (Å²) in [4.78, 5) is 16.6. The standard InChI is InChI=1S/C18H21N3O/c1-13(2)11-14(8-9-19)12-17(22)21-16-7-3-5-15-6-4-10-20-18(15)16/h3-7,10,13-14H,8,11-12H2,1-2H3,(H,21,22). The van der Waals surface area contributed by atoms with Gasteiger partial charge in [0.25, 0.3) is 0 Å². The second-order valence-electron chi connectivity index (χ2n) is 5.99. The van der Waals surface area contributed by atoms with Crippen molar-refractivity contribution in [3.8, 4) is 6.07 Å². The van der Waals surface area contributed by atoms with Gasteiger partial charge in [-0.3, -0.25) is 9.78 Å². The average molecular weight is 295 g/mol. The summed E-state index contributed by atoms with van der Waals surface area (Å²) in [6, 6.07) is 11.7. The molecule has 4 heteroatoms. The summed E-state index contributed by atoms with van der Waals surface area (Å²) < 4.78 is 0. The van der Waals surface area contributed by atoms with Crippen LogP contribution in [0.3, 0.4) is 0 Å². The summed E-state index contributed by atoms with van der Waals surface area (Å²) in [5.41, 5.74) is 1.52. The van der Waals surface area contributed by atoms with Crippen LogP contribution in [-0.4, -0.2) is 10.9 Å². The predicted molar refractivity (Wildman–Crippen MR) is 88.2 cm³/mol. The fourth-order valence-electron chi connectivity index (χ4n) is 2.70. The summed E-state index contributed by atoms with van der Waals surface area (Å²) in [5.74, 6) is 0.525. The Balaban J connectivity index is 2.08. The van der Waals surface area contributed by atoms with Gasteiger partial charge in [-0.1, -0.05) is 32.0 Å². The Morgan fingerprint density at radius 3 is 2.82 bits per heavy atom. The Bertz CT molecular complexity index is 683. The Kier molecular flexibility index (Phi) is 5.48. The molecule has 0 radical (unpaired) electrons. The molecular formula is C18H21N3O. The molecule has 0 saturated heterocycles. The van der Waals surface area contributed by atoms with Crippen molar-refractivity contribution in [3.05, 3.63) is 36.5 Å². The van der Waals surface area contributed by atoms with E-state index < -0.39 is 0 Å². The van der Waals surface area contributed by atoms with Crippen LogP contribution < -0.4 is 5.32 Å². The first-order valence-corrected chi connectivity index (χ1v) is 7.60. The summed E-state index contributed by atoms with van der Waals surface area (Å²) >= 11 is 0. The lowest BCUT2D eigenvalue weighted by Gasteiger charge is -2.16. The van der Waals surface area contributed by atoms with Gasteiger partial charge in [-0.15, -0.1) is 0 Å². The Labute approximate surface area is 131 Å². The van der Waals surface area contributed by atoms with Gasteiger partial charge in [0.1, 0.15) is 0 Å². The maximum Gasteiger partial charge on any atom is 0.224 e. The third kappa shape index (κ3) is 4.29. The van der Waals surface area contributed by atoms with E-state index in [-0.39, 0.29) is 11.8 Å². The van der Waals surface area contributed by atoms with Gasteiger partial charge >= 0.3 is 0 Å². The molecule has 1 aromatic carbocycles. The lowest BCUT2D eigenvalue weighted by molar-refractivity contribution is -0.117. The molecule has 22 heavy (non-hydrogen) atoms. The number of para-hydroxylation sites is 1. The number of carbonyl (C=O) groups is 1. The number of rotatable bonds is 6. The lowest BCUT2D eigenvalue weighted by Crippen LogP contribution is -2.18. The molecule has 1 atom stereocenters. The van der Waals surface area contributed by atoms with Crippen molar-refractivity contribution in [2.75, 3.05) is 5.32 Å². The highest BCUT2D eigenvalue weighted by molar-refractivity contribution is 6.00. The van der Waals surface area contributed by atoms with Crippen molar-refractivity contribution < 1.29 is 4.79 Å². The van der Waals surface area contributed by atoms with Crippen molar-refractivity contribution >= 4 is 22.5 Å². The number of hydrogen-bond acceptors (Lipinski definition) is 3. The molecule has 2 aromatic rings. The minimum absolute atomic E-state index is 0.0564. The number of nitrogens with one attached hydrogen (secondary N) is 1. The Hall–Kier alpha value is -2.41.